The summed E-state index contributed by atoms with van der Waals surface area (Å²) in [7, 11) is 5.35. The number of fused-ring (bicyclic) bond motifs is 1. The Balaban J connectivity index is 1.52. The van der Waals surface area contributed by atoms with Gasteiger partial charge < -0.3 is 19.7 Å². The van der Waals surface area contributed by atoms with E-state index >= 15 is 0 Å². The first-order valence-corrected chi connectivity index (χ1v) is 11.7. The number of aliphatic imine (C=N–C) groups is 1. The number of anilines is 1. The van der Waals surface area contributed by atoms with E-state index in [0.29, 0.717) is 32.1 Å². The van der Waals surface area contributed by atoms with E-state index < -0.39 is 0 Å². The van der Waals surface area contributed by atoms with Crippen molar-refractivity contribution in [3.05, 3.63) is 75.8 Å². The highest BCUT2D eigenvalue weighted by atomic mass is 16.5. The smallest absolute Gasteiger partial charge is 0.330 e. The lowest BCUT2D eigenvalue weighted by Crippen LogP contribution is -2.38. The van der Waals surface area contributed by atoms with Crippen molar-refractivity contribution >= 4 is 11.8 Å². The number of guanidine groups is 1. The fourth-order valence-corrected chi connectivity index (χ4v) is 4.42. The summed E-state index contributed by atoms with van der Waals surface area (Å²) < 4.78 is 14.6. The zero-order chi connectivity index (χ0) is 23.7. The molecule has 2 aliphatic rings. The highest BCUT2D eigenvalue weighted by Crippen LogP contribution is 2.28. The van der Waals surface area contributed by atoms with Gasteiger partial charge in [0.1, 0.15) is 17.3 Å². The van der Waals surface area contributed by atoms with E-state index in [0.717, 1.165) is 52.9 Å². The van der Waals surface area contributed by atoms with Crippen molar-refractivity contribution in [1.29, 1.82) is 0 Å². The van der Waals surface area contributed by atoms with Gasteiger partial charge >= 0.3 is 5.69 Å². The third-order valence-electron chi connectivity index (χ3n) is 6.43. The lowest BCUT2D eigenvalue weighted by molar-refractivity contribution is 0.407. The second-order valence-corrected chi connectivity index (χ2v) is 8.89. The molecule has 8 nitrogen and oxygen atoms in total. The zero-order valence-corrected chi connectivity index (χ0v) is 20.0. The molecule has 34 heavy (non-hydrogen) atoms. The highest BCUT2D eigenvalue weighted by molar-refractivity contribution is 5.95. The van der Waals surface area contributed by atoms with Crippen molar-refractivity contribution in [2.45, 2.75) is 44.9 Å². The number of nitrogens with zero attached hydrogens (tertiary/aromatic N) is 4. The van der Waals surface area contributed by atoms with Crippen LogP contribution in [0.4, 0.5) is 5.82 Å². The Bertz CT molecular complexity index is 1270. The van der Waals surface area contributed by atoms with Gasteiger partial charge in [-0.1, -0.05) is 30.3 Å². The predicted molar refractivity (Wildman–Crippen MR) is 133 cm³/mol. The molecule has 8 heteroatoms. The summed E-state index contributed by atoms with van der Waals surface area (Å²) >= 11 is 0. The number of benzene rings is 2. The van der Waals surface area contributed by atoms with Crippen molar-refractivity contribution in [1.82, 2.24) is 14.0 Å². The van der Waals surface area contributed by atoms with Crippen LogP contribution in [0.1, 0.15) is 29.7 Å². The number of methoxy groups -OCH3 is 2. The molecule has 3 aromatic rings. The van der Waals surface area contributed by atoms with Gasteiger partial charge in [0.15, 0.2) is 5.96 Å². The maximum Gasteiger partial charge on any atom is 0.330 e. The van der Waals surface area contributed by atoms with Crippen molar-refractivity contribution in [2.24, 2.45) is 4.99 Å². The average molecular weight is 462 g/mol. The summed E-state index contributed by atoms with van der Waals surface area (Å²) in [6.45, 7) is 1.64. The maximum absolute atomic E-state index is 13.7. The number of imidazole rings is 1. The molecular weight excluding hydrogens is 430 g/mol. The number of nitrogens with one attached hydrogen (secondary N) is 1. The van der Waals surface area contributed by atoms with Crippen molar-refractivity contribution < 1.29 is 9.47 Å². The Hall–Kier alpha value is -3.68. The monoisotopic (exact) mass is 461 g/mol. The van der Waals surface area contributed by atoms with Crippen LogP contribution < -0.4 is 20.5 Å². The molecule has 1 aliphatic carbocycles. The minimum absolute atomic E-state index is 0.0312. The summed E-state index contributed by atoms with van der Waals surface area (Å²) in [5, 5.41) is 3.48. The van der Waals surface area contributed by atoms with Crippen molar-refractivity contribution in [3.63, 3.8) is 0 Å². The highest BCUT2D eigenvalue weighted by Gasteiger charge is 2.30. The number of para-hydroxylation sites is 1. The maximum atomic E-state index is 13.7. The van der Waals surface area contributed by atoms with Crippen LogP contribution in [0.15, 0.2) is 58.3 Å². The van der Waals surface area contributed by atoms with Crippen LogP contribution in [0.3, 0.4) is 0 Å². The molecule has 1 saturated carbocycles. The molecule has 0 unspecified atom stereocenters. The third kappa shape index (κ3) is 4.40. The van der Waals surface area contributed by atoms with Gasteiger partial charge in [0, 0.05) is 13.6 Å². The summed E-state index contributed by atoms with van der Waals surface area (Å²) in [6, 6.07) is 16.2. The third-order valence-corrected chi connectivity index (χ3v) is 6.43. The Morgan fingerprint density at radius 2 is 1.88 bits per heavy atom. The van der Waals surface area contributed by atoms with Gasteiger partial charge in [-0.3, -0.25) is 9.13 Å². The first kappa shape index (κ1) is 22.1. The lowest BCUT2D eigenvalue weighted by Gasteiger charge is -2.29. The van der Waals surface area contributed by atoms with Crippen LogP contribution in [0.2, 0.25) is 0 Å². The SMILES string of the molecule is COc1cccc(Cn2c3c(n(CCc4ccccc4OC)c2=O)CN(C)C(=NC2CC2)N3)c1. The number of hydrogen-bond donors (Lipinski definition) is 1. The fourth-order valence-electron chi connectivity index (χ4n) is 4.42. The zero-order valence-electron chi connectivity index (χ0n) is 20.0. The van der Waals surface area contributed by atoms with E-state index in [1.165, 1.54) is 0 Å². The van der Waals surface area contributed by atoms with Crippen LogP contribution in [-0.2, 0) is 26.1 Å². The fraction of sp³-hybridized carbons (Fsp3) is 0.385. The summed E-state index contributed by atoms with van der Waals surface area (Å²) in [6.07, 6.45) is 2.96. The molecule has 0 amide bonds. The van der Waals surface area contributed by atoms with Gasteiger partial charge in [-0.25, -0.2) is 9.79 Å². The number of rotatable bonds is 8. The van der Waals surface area contributed by atoms with Gasteiger partial charge in [-0.15, -0.1) is 0 Å². The van der Waals surface area contributed by atoms with E-state index in [1.807, 2.05) is 64.7 Å². The van der Waals surface area contributed by atoms with Crippen LogP contribution in [-0.4, -0.2) is 47.3 Å². The Kier molecular flexibility index (Phi) is 6.04. The van der Waals surface area contributed by atoms with Crippen molar-refractivity contribution in [2.75, 3.05) is 26.6 Å². The van der Waals surface area contributed by atoms with Crippen molar-refractivity contribution in [3.8, 4) is 11.5 Å². The number of aromatic nitrogens is 2. The Labute approximate surface area is 199 Å². The van der Waals surface area contributed by atoms with Gasteiger partial charge in [-0.05, 0) is 48.6 Å². The first-order chi connectivity index (χ1) is 16.6. The topological polar surface area (TPSA) is 73.0 Å². The van der Waals surface area contributed by atoms with Gasteiger partial charge in [0.2, 0.25) is 0 Å². The predicted octanol–water partition coefficient (Wildman–Crippen LogP) is 3.33. The molecular formula is C26H31N5O3. The first-order valence-electron chi connectivity index (χ1n) is 11.7. The molecule has 0 atom stereocenters. The van der Waals surface area contributed by atoms with Gasteiger partial charge in [-0.2, -0.15) is 0 Å². The van der Waals surface area contributed by atoms with Crippen LogP contribution in [0.5, 0.6) is 11.5 Å². The summed E-state index contributed by atoms with van der Waals surface area (Å²) in [4.78, 5) is 20.6. The Morgan fingerprint density at radius 1 is 1.06 bits per heavy atom. The van der Waals surface area contributed by atoms with E-state index in [2.05, 4.69) is 10.2 Å². The van der Waals surface area contributed by atoms with Crippen LogP contribution in [0.25, 0.3) is 0 Å². The quantitative estimate of drug-likeness (QED) is 0.557. The van der Waals surface area contributed by atoms with E-state index in [4.69, 9.17) is 14.5 Å². The van der Waals surface area contributed by atoms with E-state index in [1.54, 1.807) is 14.2 Å². The molecule has 1 N–H and O–H groups in total. The minimum atomic E-state index is -0.0312. The lowest BCUT2D eigenvalue weighted by atomic mass is 10.1. The standard InChI is InChI=1S/C26H31N5O3/c1-29-17-22-24(28-25(29)27-20-11-12-20)31(16-18-7-6-9-21(15-18)33-2)26(32)30(22)14-13-19-8-4-5-10-23(19)34-3/h4-10,15,20H,11-14,16-17H2,1-3H3,(H,27,28). The largest absolute Gasteiger partial charge is 0.497 e. The van der Waals surface area contributed by atoms with E-state index in [-0.39, 0.29) is 5.69 Å². The molecule has 0 spiro atoms. The van der Waals surface area contributed by atoms with E-state index in [9.17, 15) is 4.79 Å². The number of hydrogen-bond acceptors (Lipinski definition) is 4. The molecule has 0 saturated heterocycles. The van der Waals surface area contributed by atoms with Gasteiger partial charge in [0.25, 0.3) is 0 Å². The summed E-state index contributed by atoms with van der Waals surface area (Å²) in [5.74, 6) is 3.27. The molecule has 0 radical (unpaired) electrons. The second-order valence-electron chi connectivity index (χ2n) is 8.89. The molecule has 2 heterocycles. The molecule has 5 rings (SSSR count). The normalized spacial score (nSPS) is 16.3. The average Bonchev–Trinajstić information content (AvgIpc) is 3.64. The summed E-state index contributed by atoms with van der Waals surface area (Å²) in [5.41, 5.74) is 3.03. The molecule has 2 aromatic carbocycles. The molecule has 1 fully saturated rings. The minimum Gasteiger partial charge on any atom is -0.497 e. The molecule has 0 bridgehead atoms. The van der Waals surface area contributed by atoms with Gasteiger partial charge in [0.05, 0.1) is 39.0 Å². The number of aryl methyl sites for hydroxylation is 1. The molecule has 1 aromatic heterocycles. The number of ether oxygens (including phenoxy) is 2. The second kappa shape index (κ2) is 9.29. The van der Waals surface area contributed by atoms with Crippen LogP contribution >= 0.6 is 0 Å². The molecule has 178 valence electrons. The molecule has 1 aliphatic heterocycles. The van der Waals surface area contributed by atoms with Crippen LogP contribution in [0, 0.1) is 0 Å². The Morgan fingerprint density at radius 3 is 2.65 bits per heavy atom.